The molecule has 0 saturated heterocycles. The lowest BCUT2D eigenvalue weighted by molar-refractivity contribution is -0.137. The van der Waals surface area contributed by atoms with Crippen molar-refractivity contribution in [2.24, 2.45) is 0 Å². The van der Waals surface area contributed by atoms with Crippen LogP contribution >= 0.6 is 23.1 Å². The first-order valence-electron chi connectivity index (χ1n) is 4.39. The van der Waals surface area contributed by atoms with Crippen LogP contribution in [0.1, 0.15) is 5.56 Å². The standard InChI is InChI=1S/C9H6F3N3S2/c10-9(11,12)5-2-1-3-6(4-5)16-8-15-14-7(13)17-8/h1-4H,(H2,13,14). The second kappa shape index (κ2) is 4.53. The average molecular weight is 277 g/mol. The molecule has 0 radical (unpaired) electrons. The predicted octanol–water partition coefficient (Wildman–Crippen LogP) is 3.29. The number of rotatable bonds is 2. The first kappa shape index (κ1) is 12.2. The monoisotopic (exact) mass is 277 g/mol. The molecule has 1 heterocycles. The van der Waals surface area contributed by atoms with Crippen LogP contribution in [0.5, 0.6) is 0 Å². The SMILES string of the molecule is Nc1nnc(Sc2cccc(C(F)(F)F)c2)s1. The molecule has 1 aromatic carbocycles. The van der Waals surface area contributed by atoms with Crippen LogP contribution in [-0.2, 0) is 6.18 Å². The molecule has 0 aliphatic carbocycles. The number of benzene rings is 1. The molecule has 1 aromatic heterocycles. The Morgan fingerprint density at radius 1 is 1.24 bits per heavy atom. The number of alkyl halides is 3. The first-order chi connectivity index (χ1) is 7.95. The van der Waals surface area contributed by atoms with E-state index in [0.717, 1.165) is 35.2 Å². The van der Waals surface area contributed by atoms with Gasteiger partial charge in [-0.05, 0) is 18.2 Å². The van der Waals surface area contributed by atoms with Gasteiger partial charge in [0.25, 0.3) is 0 Å². The minimum atomic E-state index is -4.34. The molecule has 0 unspecified atom stereocenters. The van der Waals surface area contributed by atoms with Crippen LogP contribution in [0.2, 0.25) is 0 Å². The highest BCUT2D eigenvalue weighted by Crippen LogP contribution is 2.35. The normalized spacial score (nSPS) is 11.7. The number of nitrogens with zero attached hydrogens (tertiary/aromatic N) is 2. The number of hydrogen-bond donors (Lipinski definition) is 1. The van der Waals surface area contributed by atoms with Crippen molar-refractivity contribution in [2.45, 2.75) is 15.4 Å². The Bertz CT molecular complexity index is 524. The second-order valence-corrected chi connectivity index (χ2v) is 5.36. The molecule has 17 heavy (non-hydrogen) atoms. The van der Waals surface area contributed by atoms with E-state index in [9.17, 15) is 13.2 Å². The van der Waals surface area contributed by atoms with Gasteiger partial charge in [-0.3, -0.25) is 0 Å². The van der Waals surface area contributed by atoms with E-state index >= 15 is 0 Å². The van der Waals surface area contributed by atoms with Crippen LogP contribution in [0.15, 0.2) is 33.5 Å². The van der Waals surface area contributed by atoms with Gasteiger partial charge in [-0.2, -0.15) is 13.2 Å². The van der Waals surface area contributed by atoms with Crippen molar-refractivity contribution < 1.29 is 13.2 Å². The van der Waals surface area contributed by atoms with E-state index in [0.29, 0.717) is 14.4 Å². The lowest BCUT2D eigenvalue weighted by Gasteiger charge is -2.07. The van der Waals surface area contributed by atoms with Gasteiger partial charge >= 0.3 is 6.18 Å². The fraction of sp³-hybridized carbons (Fsp3) is 0.111. The van der Waals surface area contributed by atoms with Gasteiger partial charge in [-0.25, -0.2) is 0 Å². The lowest BCUT2D eigenvalue weighted by Crippen LogP contribution is -2.04. The lowest BCUT2D eigenvalue weighted by atomic mass is 10.2. The van der Waals surface area contributed by atoms with Gasteiger partial charge in [-0.1, -0.05) is 29.2 Å². The maximum absolute atomic E-state index is 12.5. The van der Waals surface area contributed by atoms with Gasteiger partial charge in [0.15, 0.2) is 4.34 Å². The van der Waals surface area contributed by atoms with Crippen molar-refractivity contribution in [3.63, 3.8) is 0 Å². The fourth-order valence-electron chi connectivity index (χ4n) is 1.10. The summed E-state index contributed by atoms with van der Waals surface area (Å²) in [6, 6.07) is 5.04. The van der Waals surface area contributed by atoms with E-state index in [4.69, 9.17) is 5.73 Å². The molecule has 0 aliphatic rings. The molecule has 2 N–H and O–H groups in total. The van der Waals surface area contributed by atoms with Crippen molar-refractivity contribution in [2.75, 3.05) is 5.73 Å². The third-order valence-corrected chi connectivity index (χ3v) is 3.58. The molecule has 0 saturated carbocycles. The third kappa shape index (κ3) is 3.10. The van der Waals surface area contributed by atoms with Gasteiger partial charge in [0.1, 0.15) is 0 Å². The highest BCUT2D eigenvalue weighted by molar-refractivity contribution is 8.01. The predicted molar refractivity (Wildman–Crippen MR) is 59.9 cm³/mol. The van der Waals surface area contributed by atoms with Gasteiger partial charge in [-0.15, -0.1) is 10.2 Å². The summed E-state index contributed by atoms with van der Waals surface area (Å²) in [7, 11) is 0. The molecule has 2 aromatic rings. The zero-order valence-corrected chi connectivity index (χ0v) is 9.86. The maximum Gasteiger partial charge on any atom is 0.416 e. The molecule has 0 bridgehead atoms. The van der Waals surface area contributed by atoms with Crippen LogP contribution in [0.3, 0.4) is 0 Å². The molecule has 0 aliphatic heterocycles. The van der Waals surface area contributed by atoms with Crippen LogP contribution in [0, 0.1) is 0 Å². The number of aromatic nitrogens is 2. The van der Waals surface area contributed by atoms with Crippen LogP contribution in [-0.4, -0.2) is 10.2 Å². The largest absolute Gasteiger partial charge is 0.416 e. The highest BCUT2D eigenvalue weighted by Gasteiger charge is 2.30. The Morgan fingerprint density at radius 2 is 2.00 bits per heavy atom. The summed E-state index contributed by atoms with van der Waals surface area (Å²) in [6.45, 7) is 0. The molecule has 0 fully saturated rings. The molecule has 0 atom stereocenters. The zero-order chi connectivity index (χ0) is 12.5. The summed E-state index contributed by atoms with van der Waals surface area (Å²) in [5.41, 5.74) is 4.70. The van der Waals surface area contributed by atoms with E-state index in [1.807, 2.05) is 0 Å². The third-order valence-electron chi connectivity index (χ3n) is 1.79. The minimum Gasteiger partial charge on any atom is -0.374 e. The zero-order valence-electron chi connectivity index (χ0n) is 8.23. The van der Waals surface area contributed by atoms with E-state index in [1.165, 1.54) is 6.07 Å². The van der Waals surface area contributed by atoms with Crippen LogP contribution < -0.4 is 5.73 Å². The Morgan fingerprint density at radius 3 is 2.59 bits per heavy atom. The van der Waals surface area contributed by atoms with Crippen molar-refractivity contribution in [1.29, 1.82) is 0 Å². The maximum atomic E-state index is 12.5. The Labute approximate surface area is 103 Å². The smallest absolute Gasteiger partial charge is 0.374 e. The Balaban J connectivity index is 2.22. The van der Waals surface area contributed by atoms with Gasteiger partial charge in [0.2, 0.25) is 5.13 Å². The fourth-order valence-corrected chi connectivity index (χ4v) is 2.77. The number of nitrogen functional groups attached to an aromatic ring is 1. The quantitative estimate of drug-likeness (QED) is 0.915. The summed E-state index contributed by atoms with van der Waals surface area (Å²) in [5.74, 6) is 0. The van der Waals surface area contributed by atoms with E-state index in [2.05, 4.69) is 10.2 Å². The van der Waals surface area contributed by atoms with E-state index in [1.54, 1.807) is 6.07 Å². The van der Waals surface area contributed by atoms with Crippen molar-refractivity contribution >= 4 is 28.2 Å². The van der Waals surface area contributed by atoms with Crippen molar-refractivity contribution in [1.82, 2.24) is 10.2 Å². The highest BCUT2D eigenvalue weighted by atomic mass is 32.2. The first-order valence-corrected chi connectivity index (χ1v) is 6.02. The van der Waals surface area contributed by atoms with Crippen LogP contribution in [0.25, 0.3) is 0 Å². The molecule has 0 spiro atoms. The van der Waals surface area contributed by atoms with E-state index in [-0.39, 0.29) is 0 Å². The van der Waals surface area contributed by atoms with Gasteiger partial charge in [0.05, 0.1) is 5.56 Å². The number of halogens is 3. The van der Waals surface area contributed by atoms with Gasteiger partial charge < -0.3 is 5.73 Å². The number of nitrogens with two attached hydrogens (primary N) is 1. The van der Waals surface area contributed by atoms with Gasteiger partial charge in [0, 0.05) is 4.90 Å². The topological polar surface area (TPSA) is 51.8 Å². The van der Waals surface area contributed by atoms with Crippen molar-refractivity contribution in [3.8, 4) is 0 Å². The number of hydrogen-bond acceptors (Lipinski definition) is 5. The summed E-state index contributed by atoms with van der Waals surface area (Å²) in [5, 5.41) is 7.61. The summed E-state index contributed by atoms with van der Waals surface area (Å²) < 4.78 is 37.9. The van der Waals surface area contributed by atoms with Crippen molar-refractivity contribution in [3.05, 3.63) is 29.8 Å². The van der Waals surface area contributed by atoms with E-state index < -0.39 is 11.7 Å². The molecule has 0 amide bonds. The molecule has 90 valence electrons. The summed E-state index contributed by atoms with van der Waals surface area (Å²) in [6.07, 6.45) is -4.34. The average Bonchev–Trinajstić information content (AvgIpc) is 2.63. The Hall–Kier alpha value is -1.28. The molecular formula is C9H6F3N3S2. The summed E-state index contributed by atoms with van der Waals surface area (Å²) >= 11 is 2.24. The Kier molecular flexibility index (Phi) is 3.25. The van der Waals surface area contributed by atoms with Crippen LogP contribution in [0.4, 0.5) is 18.3 Å². The molecule has 8 heteroatoms. The summed E-state index contributed by atoms with van der Waals surface area (Å²) in [4.78, 5) is 0.455. The molecule has 3 nitrogen and oxygen atoms in total. The minimum absolute atomic E-state index is 0.291. The molecular weight excluding hydrogens is 271 g/mol. The molecule has 2 rings (SSSR count). The second-order valence-electron chi connectivity index (χ2n) is 3.03. The number of anilines is 1.